The van der Waals surface area contributed by atoms with Crippen LogP contribution in [0.5, 0.6) is 0 Å². The van der Waals surface area contributed by atoms with Crippen LogP contribution in [0.1, 0.15) is 5.56 Å². The number of aryl methyl sites for hydroxylation is 1. The number of nitrogens with zero attached hydrogens (tertiary/aromatic N) is 2. The molecule has 1 amide bonds. The molecule has 0 aliphatic carbocycles. The number of carbonyl (C=O) groups excluding carboxylic acids is 1. The molecule has 0 aliphatic heterocycles. The molecule has 0 unspecified atom stereocenters. The van der Waals surface area contributed by atoms with Crippen molar-refractivity contribution < 1.29 is 4.79 Å². The van der Waals surface area contributed by atoms with Crippen molar-refractivity contribution in [2.45, 2.75) is 6.92 Å². The first kappa shape index (κ1) is 16.2. The Kier molecular flexibility index (Phi) is 6.81. The third-order valence-corrected chi connectivity index (χ3v) is 2.93. The molecule has 0 radical (unpaired) electrons. The van der Waals surface area contributed by atoms with Crippen LogP contribution in [0.15, 0.2) is 36.4 Å². The SMILES string of the molecule is Cc1cccc(N(C)CCNC(=O)/C=C/CN(C)C)c1. The highest BCUT2D eigenvalue weighted by molar-refractivity contribution is 5.87. The van der Waals surface area contributed by atoms with E-state index in [0.29, 0.717) is 6.54 Å². The summed E-state index contributed by atoms with van der Waals surface area (Å²) >= 11 is 0. The second-order valence-electron chi connectivity index (χ2n) is 5.22. The minimum Gasteiger partial charge on any atom is -0.373 e. The third-order valence-electron chi connectivity index (χ3n) is 2.93. The summed E-state index contributed by atoms with van der Waals surface area (Å²) in [7, 11) is 5.97. The summed E-state index contributed by atoms with van der Waals surface area (Å²) in [5, 5.41) is 2.89. The molecule has 1 aromatic rings. The minimum absolute atomic E-state index is 0.0375. The zero-order valence-electron chi connectivity index (χ0n) is 12.9. The van der Waals surface area contributed by atoms with Crippen molar-refractivity contribution in [2.75, 3.05) is 45.7 Å². The van der Waals surface area contributed by atoms with Gasteiger partial charge in [0.05, 0.1) is 0 Å². The largest absolute Gasteiger partial charge is 0.373 e. The van der Waals surface area contributed by atoms with E-state index in [-0.39, 0.29) is 5.91 Å². The smallest absolute Gasteiger partial charge is 0.243 e. The number of likely N-dealkylation sites (N-methyl/N-ethyl adjacent to an activating group) is 2. The first-order valence-electron chi connectivity index (χ1n) is 6.86. The van der Waals surface area contributed by atoms with Crippen molar-refractivity contribution in [1.82, 2.24) is 10.2 Å². The molecule has 20 heavy (non-hydrogen) atoms. The molecule has 4 heteroatoms. The van der Waals surface area contributed by atoms with Gasteiger partial charge in [-0.15, -0.1) is 0 Å². The van der Waals surface area contributed by atoms with Crippen LogP contribution in [0.3, 0.4) is 0 Å². The summed E-state index contributed by atoms with van der Waals surface area (Å²) in [5.74, 6) is -0.0375. The highest BCUT2D eigenvalue weighted by atomic mass is 16.1. The summed E-state index contributed by atoms with van der Waals surface area (Å²) in [6, 6.07) is 8.34. The predicted molar refractivity (Wildman–Crippen MR) is 85.2 cm³/mol. The van der Waals surface area contributed by atoms with E-state index in [9.17, 15) is 4.79 Å². The number of benzene rings is 1. The molecule has 1 aromatic carbocycles. The Labute approximate surface area is 122 Å². The molecule has 1 N–H and O–H groups in total. The highest BCUT2D eigenvalue weighted by Crippen LogP contribution is 2.13. The van der Waals surface area contributed by atoms with Gasteiger partial charge in [-0.3, -0.25) is 4.79 Å². The van der Waals surface area contributed by atoms with Crippen LogP contribution in [0, 0.1) is 6.92 Å². The standard InChI is InChI=1S/C16H25N3O/c1-14-7-5-8-15(13-14)19(4)12-10-17-16(20)9-6-11-18(2)3/h5-9,13H,10-12H2,1-4H3,(H,17,20)/b9-6+. The van der Waals surface area contributed by atoms with E-state index in [1.54, 1.807) is 6.08 Å². The van der Waals surface area contributed by atoms with Crippen molar-refractivity contribution in [3.05, 3.63) is 42.0 Å². The van der Waals surface area contributed by atoms with Gasteiger partial charge in [-0.05, 0) is 38.7 Å². The van der Waals surface area contributed by atoms with Crippen LogP contribution < -0.4 is 10.2 Å². The molecule has 0 spiro atoms. The summed E-state index contributed by atoms with van der Waals surface area (Å²) in [5.41, 5.74) is 2.41. The van der Waals surface area contributed by atoms with Crippen molar-refractivity contribution in [1.29, 1.82) is 0 Å². The van der Waals surface area contributed by atoms with Gasteiger partial charge in [0.15, 0.2) is 0 Å². The van der Waals surface area contributed by atoms with Crippen LogP contribution in [0.4, 0.5) is 5.69 Å². The molecular formula is C16H25N3O. The van der Waals surface area contributed by atoms with Gasteiger partial charge in [-0.1, -0.05) is 18.2 Å². The average molecular weight is 275 g/mol. The maximum Gasteiger partial charge on any atom is 0.243 e. The monoisotopic (exact) mass is 275 g/mol. The van der Waals surface area contributed by atoms with Crippen molar-refractivity contribution >= 4 is 11.6 Å². The van der Waals surface area contributed by atoms with Gasteiger partial charge in [0.2, 0.25) is 5.91 Å². The van der Waals surface area contributed by atoms with Gasteiger partial charge in [0, 0.05) is 38.4 Å². The van der Waals surface area contributed by atoms with E-state index >= 15 is 0 Å². The lowest BCUT2D eigenvalue weighted by Crippen LogP contribution is -2.32. The van der Waals surface area contributed by atoms with Gasteiger partial charge >= 0.3 is 0 Å². The number of hydrogen-bond acceptors (Lipinski definition) is 3. The first-order chi connectivity index (χ1) is 9.49. The van der Waals surface area contributed by atoms with Gasteiger partial charge in [-0.2, -0.15) is 0 Å². The third kappa shape index (κ3) is 6.38. The number of rotatable bonds is 7. The van der Waals surface area contributed by atoms with Crippen LogP contribution >= 0.6 is 0 Å². The molecular weight excluding hydrogens is 250 g/mol. The number of nitrogens with one attached hydrogen (secondary N) is 1. The fourth-order valence-electron chi connectivity index (χ4n) is 1.77. The summed E-state index contributed by atoms with van der Waals surface area (Å²) in [6.07, 6.45) is 3.45. The molecule has 0 fully saturated rings. The molecule has 0 saturated heterocycles. The molecule has 4 nitrogen and oxygen atoms in total. The Hall–Kier alpha value is -1.81. The molecule has 0 aromatic heterocycles. The molecule has 0 heterocycles. The van der Waals surface area contributed by atoms with Crippen molar-refractivity contribution in [3.63, 3.8) is 0 Å². The second kappa shape index (κ2) is 8.38. The predicted octanol–water partition coefficient (Wildman–Crippen LogP) is 1.67. The van der Waals surface area contributed by atoms with Gasteiger partial charge < -0.3 is 15.1 Å². The zero-order chi connectivity index (χ0) is 15.0. The van der Waals surface area contributed by atoms with Crippen molar-refractivity contribution in [3.8, 4) is 0 Å². The molecule has 0 aliphatic rings. The Morgan fingerprint density at radius 2 is 2.05 bits per heavy atom. The zero-order valence-corrected chi connectivity index (χ0v) is 12.9. The van der Waals surface area contributed by atoms with E-state index in [0.717, 1.165) is 13.1 Å². The van der Waals surface area contributed by atoms with E-state index in [4.69, 9.17) is 0 Å². The van der Waals surface area contributed by atoms with E-state index in [1.807, 2.05) is 38.2 Å². The average Bonchev–Trinajstić information content (AvgIpc) is 2.38. The highest BCUT2D eigenvalue weighted by Gasteiger charge is 2.01. The first-order valence-corrected chi connectivity index (χ1v) is 6.86. The van der Waals surface area contributed by atoms with Gasteiger partial charge in [0.25, 0.3) is 0 Å². The van der Waals surface area contributed by atoms with E-state index in [1.165, 1.54) is 11.3 Å². The van der Waals surface area contributed by atoms with E-state index in [2.05, 4.69) is 35.3 Å². The molecule has 0 atom stereocenters. The maximum absolute atomic E-state index is 11.6. The van der Waals surface area contributed by atoms with Crippen LogP contribution in [-0.2, 0) is 4.79 Å². The van der Waals surface area contributed by atoms with Gasteiger partial charge in [0.1, 0.15) is 0 Å². The summed E-state index contributed by atoms with van der Waals surface area (Å²) in [4.78, 5) is 15.7. The fraction of sp³-hybridized carbons (Fsp3) is 0.438. The summed E-state index contributed by atoms with van der Waals surface area (Å²) < 4.78 is 0. The number of carbonyl (C=O) groups is 1. The number of hydrogen-bond donors (Lipinski definition) is 1. The van der Waals surface area contributed by atoms with Crippen LogP contribution in [0.25, 0.3) is 0 Å². The maximum atomic E-state index is 11.6. The lowest BCUT2D eigenvalue weighted by atomic mass is 10.2. The lowest BCUT2D eigenvalue weighted by Gasteiger charge is -2.19. The summed E-state index contributed by atoms with van der Waals surface area (Å²) in [6.45, 7) is 4.28. The Morgan fingerprint density at radius 1 is 1.30 bits per heavy atom. The Bertz CT molecular complexity index is 455. The van der Waals surface area contributed by atoms with Crippen LogP contribution in [0.2, 0.25) is 0 Å². The fourth-order valence-corrected chi connectivity index (χ4v) is 1.77. The Morgan fingerprint density at radius 3 is 2.70 bits per heavy atom. The van der Waals surface area contributed by atoms with Gasteiger partial charge in [-0.25, -0.2) is 0 Å². The van der Waals surface area contributed by atoms with E-state index < -0.39 is 0 Å². The van der Waals surface area contributed by atoms with Crippen molar-refractivity contribution in [2.24, 2.45) is 0 Å². The molecule has 1 rings (SSSR count). The lowest BCUT2D eigenvalue weighted by molar-refractivity contribution is -0.116. The number of anilines is 1. The molecule has 0 saturated carbocycles. The molecule has 0 bridgehead atoms. The second-order valence-corrected chi connectivity index (χ2v) is 5.22. The van der Waals surface area contributed by atoms with Crippen LogP contribution in [-0.4, -0.2) is 51.6 Å². The molecule has 110 valence electrons. The Balaban J connectivity index is 2.30. The topological polar surface area (TPSA) is 35.6 Å². The minimum atomic E-state index is -0.0375. The normalized spacial score (nSPS) is 11.1. The number of amides is 1. The quantitative estimate of drug-likeness (QED) is 0.769.